The molecule has 0 spiro atoms. The van der Waals surface area contributed by atoms with Gasteiger partial charge in [-0.3, -0.25) is 9.97 Å². The summed E-state index contributed by atoms with van der Waals surface area (Å²) in [5.74, 6) is 0. The van der Waals surface area contributed by atoms with Crippen LogP contribution in [0.15, 0.2) is 120 Å². The monoisotopic (exact) mass is 362 g/mol. The molecule has 0 aliphatic carbocycles. The number of rotatable bonds is 5. The maximum Gasteiger partial charge on any atom is 0.100 e. The third kappa shape index (κ3) is 4.07. The van der Waals surface area contributed by atoms with Gasteiger partial charge in [0.05, 0.1) is 0 Å². The molecule has 0 aliphatic rings. The topological polar surface area (TPSA) is 50.5 Å². The molecule has 0 radical (unpaired) electrons. The van der Waals surface area contributed by atoms with Gasteiger partial charge in [0.2, 0.25) is 0 Å². The molecule has 4 rings (SSSR count). The van der Waals surface area contributed by atoms with Crippen molar-refractivity contribution in [2.75, 3.05) is 0 Å². The van der Waals surface area contributed by atoms with E-state index in [9.17, 15) is 0 Å². The van der Waals surface area contributed by atoms with E-state index in [1.165, 1.54) is 0 Å². The molecular formula is C24H18N4. The Morgan fingerprint density at radius 2 is 0.750 bits per heavy atom. The normalized spacial score (nSPS) is 12.0. The first kappa shape index (κ1) is 17.5. The Balaban J connectivity index is 1.87. The third-order valence-corrected chi connectivity index (χ3v) is 4.25. The van der Waals surface area contributed by atoms with Crippen LogP contribution in [0.5, 0.6) is 0 Å². The smallest absolute Gasteiger partial charge is 0.100 e. The molecule has 0 atom stereocenters. The lowest BCUT2D eigenvalue weighted by Gasteiger charge is -2.08. The van der Waals surface area contributed by atoms with E-state index < -0.39 is 0 Å². The summed E-state index contributed by atoms with van der Waals surface area (Å²) in [6, 6.07) is 27.9. The van der Waals surface area contributed by atoms with Gasteiger partial charge in [0.1, 0.15) is 11.4 Å². The van der Waals surface area contributed by atoms with Crippen molar-refractivity contribution in [1.82, 2.24) is 9.97 Å². The number of hydrogen-bond acceptors (Lipinski definition) is 4. The highest BCUT2D eigenvalue weighted by molar-refractivity contribution is 6.15. The average molecular weight is 362 g/mol. The summed E-state index contributed by atoms with van der Waals surface area (Å²) in [7, 11) is 0. The van der Waals surface area contributed by atoms with E-state index in [4.69, 9.17) is 0 Å². The molecule has 0 fully saturated rings. The predicted molar refractivity (Wildman–Crippen MR) is 113 cm³/mol. The van der Waals surface area contributed by atoms with Gasteiger partial charge in [-0.2, -0.15) is 0 Å². The van der Waals surface area contributed by atoms with Gasteiger partial charge in [-0.25, -0.2) is 0 Å². The molecule has 0 unspecified atom stereocenters. The SMILES string of the molecule is c1ccc(/C(=N/N=C(/c2ccccc2)c2ccncc2)c2ccncc2)cc1. The molecule has 2 heterocycles. The summed E-state index contributed by atoms with van der Waals surface area (Å²) in [6.07, 6.45) is 7.05. The number of aromatic nitrogens is 2. The van der Waals surface area contributed by atoms with Crippen molar-refractivity contribution in [2.24, 2.45) is 10.2 Å². The van der Waals surface area contributed by atoms with Crippen LogP contribution in [0.25, 0.3) is 0 Å². The lowest BCUT2D eigenvalue weighted by Crippen LogP contribution is -2.06. The van der Waals surface area contributed by atoms with Crippen LogP contribution in [-0.2, 0) is 0 Å². The molecule has 4 aromatic rings. The van der Waals surface area contributed by atoms with Gasteiger partial charge < -0.3 is 0 Å². The van der Waals surface area contributed by atoms with E-state index in [0.29, 0.717) is 0 Å². The van der Waals surface area contributed by atoms with E-state index in [0.717, 1.165) is 33.7 Å². The van der Waals surface area contributed by atoms with E-state index in [2.05, 4.69) is 20.2 Å². The van der Waals surface area contributed by atoms with Crippen molar-refractivity contribution in [3.63, 3.8) is 0 Å². The highest BCUT2D eigenvalue weighted by atomic mass is 15.2. The molecule has 28 heavy (non-hydrogen) atoms. The second-order valence-electron chi connectivity index (χ2n) is 6.10. The van der Waals surface area contributed by atoms with Crippen LogP contribution in [0.4, 0.5) is 0 Å². The third-order valence-electron chi connectivity index (χ3n) is 4.25. The summed E-state index contributed by atoms with van der Waals surface area (Å²) in [4.78, 5) is 8.23. The predicted octanol–water partition coefficient (Wildman–Crippen LogP) is 4.77. The van der Waals surface area contributed by atoms with Crippen molar-refractivity contribution in [2.45, 2.75) is 0 Å². The molecule has 134 valence electrons. The van der Waals surface area contributed by atoms with Gasteiger partial charge in [-0.1, -0.05) is 60.7 Å². The number of hydrogen-bond donors (Lipinski definition) is 0. The molecule has 0 saturated heterocycles. The van der Waals surface area contributed by atoms with E-state index >= 15 is 0 Å². The van der Waals surface area contributed by atoms with Crippen LogP contribution in [0.1, 0.15) is 22.3 Å². The van der Waals surface area contributed by atoms with Crippen LogP contribution in [-0.4, -0.2) is 21.4 Å². The molecule has 4 heteroatoms. The fourth-order valence-electron chi connectivity index (χ4n) is 2.88. The van der Waals surface area contributed by atoms with Crippen molar-refractivity contribution >= 4 is 11.4 Å². The maximum absolute atomic E-state index is 4.67. The highest BCUT2D eigenvalue weighted by Gasteiger charge is 2.09. The summed E-state index contributed by atoms with van der Waals surface area (Å²) >= 11 is 0. The maximum atomic E-state index is 4.67. The molecule has 0 saturated carbocycles. The molecule has 2 aromatic heterocycles. The lowest BCUT2D eigenvalue weighted by atomic mass is 10.0. The largest absolute Gasteiger partial charge is 0.265 e. The summed E-state index contributed by atoms with van der Waals surface area (Å²) in [6.45, 7) is 0. The Morgan fingerprint density at radius 3 is 1.11 bits per heavy atom. The molecule has 0 bridgehead atoms. The first-order valence-electron chi connectivity index (χ1n) is 8.99. The second-order valence-corrected chi connectivity index (χ2v) is 6.10. The Bertz CT molecular complexity index is 901. The number of nitrogens with zero attached hydrogens (tertiary/aromatic N) is 4. The minimum absolute atomic E-state index is 0.797. The first-order valence-corrected chi connectivity index (χ1v) is 8.99. The van der Waals surface area contributed by atoms with Crippen LogP contribution in [0.3, 0.4) is 0 Å². The van der Waals surface area contributed by atoms with Crippen LogP contribution in [0.2, 0.25) is 0 Å². The van der Waals surface area contributed by atoms with E-state index in [1.54, 1.807) is 24.8 Å². The first-order chi connectivity index (χ1) is 13.9. The van der Waals surface area contributed by atoms with Crippen LogP contribution >= 0.6 is 0 Å². The molecule has 0 aliphatic heterocycles. The van der Waals surface area contributed by atoms with Gasteiger partial charge in [-0.15, -0.1) is 10.2 Å². The lowest BCUT2D eigenvalue weighted by molar-refractivity contribution is 1.21. The number of pyridine rings is 2. The fourth-order valence-corrected chi connectivity index (χ4v) is 2.88. The Kier molecular flexibility index (Phi) is 5.40. The highest BCUT2D eigenvalue weighted by Crippen LogP contribution is 2.14. The van der Waals surface area contributed by atoms with Crippen molar-refractivity contribution in [1.29, 1.82) is 0 Å². The van der Waals surface area contributed by atoms with E-state index in [-0.39, 0.29) is 0 Å². The van der Waals surface area contributed by atoms with Gasteiger partial charge in [0.15, 0.2) is 0 Å². The van der Waals surface area contributed by atoms with Gasteiger partial charge in [0, 0.05) is 47.0 Å². The molecular weight excluding hydrogens is 344 g/mol. The minimum atomic E-state index is 0.797. The summed E-state index contributed by atoms with van der Waals surface area (Å²) < 4.78 is 0. The van der Waals surface area contributed by atoms with Crippen LogP contribution < -0.4 is 0 Å². The van der Waals surface area contributed by atoms with Gasteiger partial charge >= 0.3 is 0 Å². The fraction of sp³-hybridized carbons (Fsp3) is 0. The van der Waals surface area contributed by atoms with E-state index in [1.807, 2.05) is 84.9 Å². The molecule has 2 aromatic carbocycles. The molecule has 4 nitrogen and oxygen atoms in total. The van der Waals surface area contributed by atoms with Crippen molar-refractivity contribution < 1.29 is 0 Å². The quantitative estimate of drug-likeness (QED) is 0.379. The molecule has 0 N–H and O–H groups in total. The average Bonchev–Trinajstić information content (AvgIpc) is 2.79. The Morgan fingerprint density at radius 1 is 0.429 bits per heavy atom. The zero-order valence-electron chi connectivity index (χ0n) is 15.2. The van der Waals surface area contributed by atoms with Crippen molar-refractivity contribution in [3.8, 4) is 0 Å². The van der Waals surface area contributed by atoms with Gasteiger partial charge in [0.25, 0.3) is 0 Å². The second kappa shape index (κ2) is 8.64. The zero-order valence-corrected chi connectivity index (χ0v) is 15.2. The van der Waals surface area contributed by atoms with Gasteiger partial charge in [-0.05, 0) is 24.3 Å². The Hall–Kier alpha value is -3.92. The number of benzene rings is 2. The van der Waals surface area contributed by atoms with Crippen LogP contribution in [0, 0.1) is 0 Å². The molecule has 0 amide bonds. The summed E-state index contributed by atoms with van der Waals surface area (Å²) in [5, 5.41) is 9.35. The standard InChI is InChI=1S/C24H18N4/c1-3-7-19(8-4-1)23(21-11-15-25-16-12-21)27-28-24(20-9-5-2-6-10-20)22-13-17-26-18-14-22/h1-18H/b27-23-,28-24-. The Labute approximate surface area is 164 Å². The van der Waals surface area contributed by atoms with Crippen molar-refractivity contribution in [3.05, 3.63) is 132 Å². The minimum Gasteiger partial charge on any atom is -0.265 e. The summed E-state index contributed by atoms with van der Waals surface area (Å²) in [5.41, 5.74) is 5.52. The zero-order chi connectivity index (χ0) is 19.0.